The quantitative estimate of drug-likeness (QED) is 0.821. The van der Waals surface area contributed by atoms with Crippen LogP contribution >= 0.6 is 12.4 Å². The summed E-state index contributed by atoms with van der Waals surface area (Å²) in [6.45, 7) is 8.92. The predicted molar refractivity (Wildman–Crippen MR) is 74.3 cm³/mol. The summed E-state index contributed by atoms with van der Waals surface area (Å²) in [5.74, 6) is 0.594. The number of halogens is 1. The van der Waals surface area contributed by atoms with Crippen LogP contribution in [-0.2, 0) is 4.79 Å². The van der Waals surface area contributed by atoms with Gasteiger partial charge in [-0.2, -0.15) is 0 Å². The molecule has 4 heteroatoms. The predicted octanol–water partition coefficient (Wildman–Crippen LogP) is 2.48. The van der Waals surface area contributed by atoms with Crippen LogP contribution < -0.4 is 11.1 Å². The number of hydrogen-bond donors (Lipinski definition) is 2. The van der Waals surface area contributed by atoms with Gasteiger partial charge in [-0.3, -0.25) is 4.79 Å². The summed E-state index contributed by atoms with van der Waals surface area (Å²) >= 11 is 0. The van der Waals surface area contributed by atoms with Gasteiger partial charge in [0.2, 0.25) is 5.91 Å². The first-order chi connectivity index (χ1) is 7.21. The largest absolute Gasteiger partial charge is 0.354 e. The smallest absolute Gasteiger partial charge is 0.239 e. The molecule has 0 heterocycles. The maximum Gasteiger partial charge on any atom is 0.239 e. The maximum absolute atomic E-state index is 11.6. The Morgan fingerprint density at radius 3 is 2.24 bits per heavy atom. The Morgan fingerprint density at radius 2 is 1.82 bits per heavy atom. The van der Waals surface area contributed by atoms with Gasteiger partial charge in [0.05, 0.1) is 5.54 Å². The Balaban J connectivity index is 0.00000256. The highest BCUT2D eigenvalue weighted by Crippen LogP contribution is 2.37. The molecule has 1 rings (SSSR count). The van der Waals surface area contributed by atoms with Gasteiger partial charge in [-0.1, -0.05) is 13.8 Å². The minimum absolute atomic E-state index is 0. The van der Waals surface area contributed by atoms with Crippen molar-refractivity contribution in [1.82, 2.24) is 5.32 Å². The molecule has 17 heavy (non-hydrogen) atoms. The molecule has 0 atom stereocenters. The molecule has 102 valence electrons. The van der Waals surface area contributed by atoms with E-state index >= 15 is 0 Å². The molecule has 0 saturated heterocycles. The highest BCUT2D eigenvalue weighted by molar-refractivity contribution is 5.85. The van der Waals surface area contributed by atoms with Crippen molar-refractivity contribution in [2.45, 2.75) is 58.9 Å². The van der Waals surface area contributed by atoms with Crippen molar-refractivity contribution in [3.05, 3.63) is 0 Å². The van der Waals surface area contributed by atoms with Crippen molar-refractivity contribution >= 4 is 18.3 Å². The van der Waals surface area contributed by atoms with Crippen LogP contribution in [0.15, 0.2) is 0 Å². The summed E-state index contributed by atoms with van der Waals surface area (Å²) in [5, 5.41) is 2.96. The second-order valence-corrected chi connectivity index (χ2v) is 6.54. The summed E-state index contributed by atoms with van der Waals surface area (Å²) < 4.78 is 0. The van der Waals surface area contributed by atoms with E-state index in [9.17, 15) is 4.79 Å². The van der Waals surface area contributed by atoms with Crippen molar-refractivity contribution in [2.24, 2.45) is 17.1 Å². The van der Waals surface area contributed by atoms with Crippen LogP contribution in [0.1, 0.15) is 53.4 Å². The Morgan fingerprint density at radius 1 is 1.35 bits per heavy atom. The molecule has 1 aliphatic carbocycles. The molecule has 1 aliphatic rings. The van der Waals surface area contributed by atoms with Crippen molar-refractivity contribution in [3.63, 3.8) is 0 Å². The fourth-order valence-electron chi connectivity index (χ4n) is 2.13. The summed E-state index contributed by atoms with van der Waals surface area (Å²) in [4.78, 5) is 11.6. The summed E-state index contributed by atoms with van der Waals surface area (Å²) in [7, 11) is 0. The average Bonchev–Trinajstić information content (AvgIpc) is 2.14. The average molecular weight is 263 g/mol. The van der Waals surface area contributed by atoms with E-state index in [4.69, 9.17) is 5.73 Å². The standard InChI is InChI=1S/C13H26N2O.ClH/c1-12(2)7-5-10(6-8-12)9-15-11(16)13(3,4)14;/h10H,5-9,14H2,1-4H3,(H,15,16);1H. The normalized spacial score (nSPS) is 20.5. The van der Waals surface area contributed by atoms with Crippen molar-refractivity contribution in [3.8, 4) is 0 Å². The first-order valence-corrected chi connectivity index (χ1v) is 6.28. The van der Waals surface area contributed by atoms with E-state index in [0.29, 0.717) is 11.3 Å². The Hall–Kier alpha value is -0.280. The maximum atomic E-state index is 11.6. The third-order valence-corrected chi connectivity index (χ3v) is 3.60. The molecule has 1 fully saturated rings. The fourth-order valence-corrected chi connectivity index (χ4v) is 2.13. The molecular formula is C13H27ClN2O. The molecule has 1 saturated carbocycles. The zero-order valence-corrected chi connectivity index (χ0v) is 12.3. The van der Waals surface area contributed by atoms with E-state index < -0.39 is 5.54 Å². The Bertz CT molecular complexity index is 249. The molecule has 0 bridgehead atoms. The van der Waals surface area contributed by atoms with E-state index in [1.54, 1.807) is 13.8 Å². The van der Waals surface area contributed by atoms with Gasteiger partial charge in [-0.15, -0.1) is 12.4 Å². The van der Waals surface area contributed by atoms with E-state index in [-0.39, 0.29) is 18.3 Å². The molecular weight excluding hydrogens is 236 g/mol. The lowest BCUT2D eigenvalue weighted by Crippen LogP contribution is -2.50. The van der Waals surface area contributed by atoms with Gasteiger partial charge in [-0.25, -0.2) is 0 Å². The van der Waals surface area contributed by atoms with Gasteiger partial charge >= 0.3 is 0 Å². The number of carbonyl (C=O) groups excluding carboxylic acids is 1. The molecule has 0 aliphatic heterocycles. The number of hydrogen-bond acceptors (Lipinski definition) is 2. The Labute approximate surface area is 111 Å². The topological polar surface area (TPSA) is 55.1 Å². The molecule has 3 N–H and O–H groups in total. The van der Waals surface area contributed by atoms with Gasteiger partial charge in [0.25, 0.3) is 0 Å². The molecule has 0 radical (unpaired) electrons. The van der Waals surface area contributed by atoms with E-state index in [1.165, 1.54) is 25.7 Å². The highest BCUT2D eigenvalue weighted by Gasteiger charge is 2.28. The van der Waals surface area contributed by atoms with Crippen LogP contribution in [0, 0.1) is 11.3 Å². The number of amides is 1. The number of nitrogens with two attached hydrogens (primary N) is 1. The van der Waals surface area contributed by atoms with Crippen molar-refractivity contribution in [1.29, 1.82) is 0 Å². The number of nitrogens with one attached hydrogen (secondary N) is 1. The molecule has 3 nitrogen and oxygen atoms in total. The lowest BCUT2D eigenvalue weighted by Gasteiger charge is -2.34. The lowest BCUT2D eigenvalue weighted by molar-refractivity contribution is -0.125. The summed E-state index contributed by atoms with van der Waals surface area (Å²) in [5.41, 5.74) is 5.46. The SMILES string of the molecule is CC1(C)CCC(CNC(=O)C(C)(C)N)CC1.Cl. The van der Waals surface area contributed by atoms with Gasteiger partial charge < -0.3 is 11.1 Å². The second kappa shape index (κ2) is 6.05. The number of carbonyl (C=O) groups is 1. The van der Waals surface area contributed by atoms with Gasteiger partial charge in [-0.05, 0) is 50.9 Å². The third kappa shape index (κ3) is 5.73. The van der Waals surface area contributed by atoms with Crippen LogP contribution in [0.5, 0.6) is 0 Å². The molecule has 0 spiro atoms. The lowest BCUT2D eigenvalue weighted by atomic mass is 9.73. The molecule has 0 aromatic heterocycles. The highest BCUT2D eigenvalue weighted by atomic mass is 35.5. The Kier molecular flexibility index (Phi) is 5.95. The molecule has 0 unspecified atom stereocenters. The van der Waals surface area contributed by atoms with Gasteiger partial charge in [0, 0.05) is 6.54 Å². The third-order valence-electron chi connectivity index (χ3n) is 3.60. The zero-order valence-electron chi connectivity index (χ0n) is 11.5. The van der Waals surface area contributed by atoms with Gasteiger partial charge in [0.1, 0.15) is 0 Å². The first-order valence-electron chi connectivity index (χ1n) is 6.28. The van der Waals surface area contributed by atoms with E-state index in [1.807, 2.05) is 0 Å². The minimum atomic E-state index is -0.756. The van der Waals surface area contributed by atoms with E-state index in [0.717, 1.165) is 6.54 Å². The van der Waals surface area contributed by atoms with Crippen molar-refractivity contribution < 1.29 is 4.79 Å². The van der Waals surface area contributed by atoms with Crippen LogP contribution in [0.2, 0.25) is 0 Å². The second-order valence-electron chi connectivity index (χ2n) is 6.54. The molecule has 1 amide bonds. The van der Waals surface area contributed by atoms with E-state index in [2.05, 4.69) is 19.2 Å². The van der Waals surface area contributed by atoms with Crippen LogP contribution in [0.4, 0.5) is 0 Å². The van der Waals surface area contributed by atoms with Crippen LogP contribution in [-0.4, -0.2) is 18.0 Å². The van der Waals surface area contributed by atoms with Crippen molar-refractivity contribution in [2.75, 3.05) is 6.54 Å². The summed E-state index contributed by atoms with van der Waals surface area (Å²) in [6.07, 6.45) is 4.97. The molecule has 0 aromatic rings. The van der Waals surface area contributed by atoms with Gasteiger partial charge in [0.15, 0.2) is 0 Å². The fraction of sp³-hybridized carbons (Fsp3) is 0.923. The number of rotatable bonds is 3. The van der Waals surface area contributed by atoms with Crippen LogP contribution in [0.25, 0.3) is 0 Å². The molecule has 0 aromatic carbocycles. The zero-order chi connectivity index (χ0) is 12.4. The minimum Gasteiger partial charge on any atom is -0.354 e. The summed E-state index contributed by atoms with van der Waals surface area (Å²) in [6, 6.07) is 0. The first kappa shape index (κ1) is 16.7. The monoisotopic (exact) mass is 262 g/mol. The van der Waals surface area contributed by atoms with Crippen LogP contribution in [0.3, 0.4) is 0 Å².